The summed E-state index contributed by atoms with van der Waals surface area (Å²) in [6, 6.07) is 7.02. The number of nitrogens with zero attached hydrogens (tertiary/aromatic N) is 3. The highest BCUT2D eigenvalue weighted by atomic mass is 32.1. The van der Waals surface area contributed by atoms with Crippen molar-refractivity contribution in [1.82, 2.24) is 19.9 Å². The SMILES string of the molecule is O=C(NCCCn1ccnc1)c1ccc(Oc2nccs2)cc1. The third kappa shape index (κ3) is 4.40. The van der Waals surface area contributed by atoms with Crippen molar-refractivity contribution in [2.45, 2.75) is 13.0 Å². The molecule has 0 radical (unpaired) electrons. The fourth-order valence-electron chi connectivity index (χ4n) is 2.02. The number of imidazole rings is 1. The standard InChI is InChI=1S/C16H16N4O2S/c21-15(18-6-1-9-20-10-7-17-12-20)13-2-4-14(5-3-13)22-16-19-8-11-23-16/h2-5,7-8,10-12H,1,6,9H2,(H,18,21). The van der Waals surface area contributed by atoms with E-state index in [0.717, 1.165) is 13.0 Å². The minimum atomic E-state index is -0.0866. The van der Waals surface area contributed by atoms with Crippen molar-refractivity contribution in [2.75, 3.05) is 6.54 Å². The van der Waals surface area contributed by atoms with Gasteiger partial charge in [-0.25, -0.2) is 9.97 Å². The number of thiazole rings is 1. The minimum Gasteiger partial charge on any atom is -0.431 e. The number of nitrogens with one attached hydrogen (secondary N) is 1. The first kappa shape index (κ1) is 15.2. The summed E-state index contributed by atoms with van der Waals surface area (Å²) in [4.78, 5) is 20.1. The topological polar surface area (TPSA) is 69.0 Å². The van der Waals surface area contributed by atoms with Gasteiger partial charge in [-0.2, -0.15) is 0 Å². The Kier molecular flexibility index (Phi) is 5.00. The van der Waals surface area contributed by atoms with Gasteiger partial charge in [-0.05, 0) is 30.7 Å². The quantitative estimate of drug-likeness (QED) is 0.677. The smallest absolute Gasteiger partial charge is 0.278 e. The van der Waals surface area contributed by atoms with E-state index in [1.54, 1.807) is 43.0 Å². The average Bonchev–Trinajstić information content (AvgIpc) is 3.26. The van der Waals surface area contributed by atoms with Gasteiger partial charge in [0.2, 0.25) is 0 Å². The highest BCUT2D eigenvalue weighted by Crippen LogP contribution is 2.23. The Hall–Kier alpha value is -2.67. The monoisotopic (exact) mass is 328 g/mol. The van der Waals surface area contributed by atoms with E-state index in [-0.39, 0.29) is 5.91 Å². The zero-order valence-corrected chi connectivity index (χ0v) is 13.2. The first-order valence-corrected chi connectivity index (χ1v) is 8.10. The maximum absolute atomic E-state index is 12.1. The van der Waals surface area contributed by atoms with Gasteiger partial charge in [0.1, 0.15) is 5.75 Å². The summed E-state index contributed by atoms with van der Waals surface area (Å²) in [5.74, 6) is 0.577. The van der Waals surface area contributed by atoms with Crippen molar-refractivity contribution in [3.8, 4) is 10.9 Å². The van der Waals surface area contributed by atoms with Crippen LogP contribution in [0.25, 0.3) is 0 Å². The van der Waals surface area contributed by atoms with E-state index in [2.05, 4.69) is 15.3 Å². The second-order valence-electron chi connectivity index (χ2n) is 4.83. The van der Waals surface area contributed by atoms with Gasteiger partial charge in [-0.15, -0.1) is 0 Å². The second-order valence-corrected chi connectivity index (χ2v) is 5.69. The van der Waals surface area contributed by atoms with Crippen LogP contribution in [0, 0.1) is 0 Å². The van der Waals surface area contributed by atoms with Crippen LogP contribution in [0.5, 0.6) is 10.9 Å². The van der Waals surface area contributed by atoms with Crippen molar-refractivity contribution >= 4 is 17.2 Å². The third-order valence-corrected chi connectivity index (χ3v) is 3.82. The van der Waals surface area contributed by atoms with Gasteiger partial charge in [0.15, 0.2) is 0 Å². The van der Waals surface area contributed by atoms with Crippen LogP contribution in [0.4, 0.5) is 0 Å². The fraction of sp³-hybridized carbons (Fsp3) is 0.188. The molecule has 1 N–H and O–H groups in total. The fourth-order valence-corrected chi connectivity index (χ4v) is 2.52. The molecule has 0 bridgehead atoms. The highest BCUT2D eigenvalue weighted by Gasteiger charge is 2.06. The Balaban J connectivity index is 1.45. The summed E-state index contributed by atoms with van der Waals surface area (Å²) in [7, 11) is 0. The first-order valence-electron chi connectivity index (χ1n) is 7.22. The van der Waals surface area contributed by atoms with Crippen LogP contribution < -0.4 is 10.1 Å². The Morgan fingerprint density at radius 1 is 1.26 bits per heavy atom. The predicted molar refractivity (Wildman–Crippen MR) is 87.8 cm³/mol. The number of rotatable bonds is 7. The van der Waals surface area contributed by atoms with Gasteiger partial charge < -0.3 is 14.6 Å². The molecule has 0 unspecified atom stereocenters. The van der Waals surface area contributed by atoms with E-state index in [1.165, 1.54) is 11.3 Å². The lowest BCUT2D eigenvalue weighted by Gasteiger charge is -2.07. The molecular formula is C16H16N4O2S. The van der Waals surface area contributed by atoms with Crippen LogP contribution in [0.1, 0.15) is 16.8 Å². The van der Waals surface area contributed by atoms with Crippen LogP contribution in [-0.2, 0) is 6.54 Å². The van der Waals surface area contributed by atoms with Crippen LogP contribution in [0.15, 0.2) is 54.6 Å². The number of hydrogen-bond donors (Lipinski definition) is 1. The minimum absolute atomic E-state index is 0.0866. The number of benzene rings is 1. The van der Waals surface area contributed by atoms with Crippen molar-refractivity contribution < 1.29 is 9.53 Å². The number of carbonyl (C=O) groups is 1. The highest BCUT2D eigenvalue weighted by molar-refractivity contribution is 7.11. The van der Waals surface area contributed by atoms with Crippen LogP contribution in [-0.4, -0.2) is 27.0 Å². The van der Waals surface area contributed by atoms with E-state index < -0.39 is 0 Å². The van der Waals surface area contributed by atoms with Gasteiger partial charge in [-0.3, -0.25) is 4.79 Å². The molecule has 2 heterocycles. The molecule has 1 aromatic carbocycles. The molecule has 1 amide bonds. The van der Waals surface area contributed by atoms with Crippen molar-refractivity contribution in [1.29, 1.82) is 0 Å². The van der Waals surface area contributed by atoms with E-state index >= 15 is 0 Å². The molecule has 0 saturated heterocycles. The summed E-state index contributed by atoms with van der Waals surface area (Å²) in [5, 5.41) is 5.34. The zero-order chi connectivity index (χ0) is 15.9. The third-order valence-electron chi connectivity index (χ3n) is 3.17. The molecule has 3 aromatic rings. The molecular weight excluding hydrogens is 312 g/mol. The molecule has 118 valence electrons. The number of hydrogen-bond acceptors (Lipinski definition) is 5. The van der Waals surface area contributed by atoms with Crippen LogP contribution in [0.3, 0.4) is 0 Å². The van der Waals surface area contributed by atoms with E-state index in [9.17, 15) is 4.79 Å². The molecule has 0 fully saturated rings. The van der Waals surface area contributed by atoms with Crippen molar-refractivity contribution in [3.63, 3.8) is 0 Å². The number of amides is 1. The van der Waals surface area contributed by atoms with Gasteiger partial charge in [0.05, 0.1) is 6.33 Å². The van der Waals surface area contributed by atoms with E-state index in [4.69, 9.17) is 4.74 Å². The number of ether oxygens (including phenoxy) is 1. The Morgan fingerprint density at radius 3 is 2.83 bits per heavy atom. The second kappa shape index (κ2) is 7.55. The van der Waals surface area contributed by atoms with Gasteiger partial charge in [0.25, 0.3) is 11.1 Å². The van der Waals surface area contributed by atoms with Gasteiger partial charge >= 0.3 is 0 Å². The first-order chi connectivity index (χ1) is 11.3. The molecule has 0 atom stereocenters. The lowest BCUT2D eigenvalue weighted by molar-refractivity contribution is 0.0952. The molecule has 0 aliphatic carbocycles. The molecule has 7 heteroatoms. The van der Waals surface area contributed by atoms with E-state index in [0.29, 0.717) is 23.1 Å². The maximum Gasteiger partial charge on any atom is 0.278 e. The summed E-state index contributed by atoms with van der Waals surface area (Å²) in [6.45, 7) is 1.45. The Labute approximate surface area is 137 Å². The largest absolute Gasteiger partial charge is 0.431 e. The number of aromatic nitrogens is 3. The average molecular weight is 328 g/mol. The molecule has 2 aromatic heterocycles. The summed E-state index contributed by atoms with van der Waals surface area (Å²) < 4.78 is 7.54. The normalized spacial score (nSPS) is 10.4. The van der Waals surface area contributed by atoms with Crippen LogP contribution >= 0.6 is 11.3 Å². The van der Waals surface area contributed by atoms with Gasteiger partial charge in [-0.1, -0.05) is 11.3 Å². The Morgan fingerprint density at radius 2 is 2.13 bits per heavy atom. The maximum atomic E-state index is 12.1. The number of carbonyl (C=O) groups excluding carboxylic acids is 1. The molecule has 0 aliphatic rings. The molecule has 6 nitrogen and oxygen atoms in total. The lowest BCUT2D eigenvalue weighted by Crippen LogP contribution is -2.25. The van der Waals surface area contributed by atoms with Crippen LogP contribution in [0.2, 0.25) is 0 Å². The molecule has 0 saturated carbocycles. The zero-order valence-electron chi connectivity index (χ0n) is 12.4. The molecule has 0 spiro atoms. The Bertz CT molecular complexity index is 724. The summed E-state index contributed by atoms with van der Waals surface area (Å²) >= 11 is 1.42. The summed E-state index contributed by atoms with van der Waals surface area (Å²) in [6.07, 6.45) is 7.96. The number of aryl methyl sites for hydroxylation is 1. The van der Waals surface area contributed by atoms with Crippen molar-refractivity contribution in [2.24, 2.45) is 0 Å². The molecule has 3 rings (SSSR count). The predicted octanol–water partition coefficient (Wildman–Crippen LogP) is 2.95. The molecule has 0 aliphatic heterocycles. The van der Waals surface area contributed by atoms with E-state index in [1.807, 2.05) is 16.1 Å². The summed E-state index contributed by atoms with van der Waals surface area (Å²) in [5.41, 5.74) is 0.610. The van der Waals surface area contributed by atoms with Crippen molar-refractivity contribution in [3.05, 3.63) is 60.1 Å². The molecule has 23 heavy (non-hydrogen) atoms. The van der Waals surface area contributed by atoms with Gasteiger partial charge in [0, 0.05) is 42.6 Å². The lowest BCUT2D eigenvalue weighted by atomic mass is 10.2.